The number of hydrazine groups is 1. The van der Waals surface area contributed by atoms with Crippen molar-refractivity contribution in [1.82, 2.24) is 10.9 Å². The van der Waals surface area contributed by atoms with Crippen LogP contribution in [0.1, 0.15) is 17.5 Å². The fraction of sp³-hybridized carbons (Fsp3) is 0.211. The second-order valence-electron chi connectivity index (χ2n) is 5.36. The van der Waals surface area contributed by atoms with E-state index in [0.717, 1.165) is 5.56 Å². The Kier molecular flexibility index (Phi) is 7.01. The van der Waals surface area contributed by atoms with E-state index in [1.807, 2.05) is 37.3 Å². The van der Waals surface area contributed by atoms with Crippen LogP contribution in [0.25, 0.3) is 0 Å². The number of carbonyl (C=O) groups excluding carboxylic acids is 2. The van der Waals surface area contributed by atoms with Gasteiger partial charge in [-0.1, -0.05) is 30.3 Å². The molecule has 0 heterocycles. The van der Waals surface area contributed by atoms with E-state index in [2.05, 4.69) is 10.9 Å². The van der Waals surface area contributed by atoms with Gasteiger partial charge in [-0.3, -0.25) is 20.4 Å². The topological polar surface area (TPSA) is 100 Å². The average Bonchev–Trinajstić information content (AvgIpc) is 2.66. The number of benzene rings is 2. The van der Waals surface area contributed by atoms with Gasteiger partial charge in [0.25, 0.3) is 5.91 Å². The number of hydrogen-bond acceptors (Lipinski definition) is 5. The van der Waals surface area contributed by atoms with Crippen LogP contribution in [0.5, 0.6) is 11.5 Å². The third-order valence-electron chi connectivity index (χ3n) is 3.39. The first-order chi connectivity index (χ1) is 12.6. The minimum atomic E-state index is -0.536. The monoisotopic (exact) mass is 353 g/mol. The van der Waals surface area contributed by atoms with Crippen molar-refractivity contribution >= 4 is 11.8 Å². The predicted octanol–water partition coefficient (Wildman–Crippen LogP) is 1.86. The van der Waals surface area contributed by atoms with Crippen molar-refractivity contribution in [2.24, 2.45) is 0 Å². The third kappa shape index (κ3) is 5.83. The molecule has 0 atom stereocenters. The fourth-order valence-corrected chi connectivity index (χ4v) is 2.04. The van der Waals surface area contributed by atoms with Crippen LogP contribution in [0.15, 0.2) is 48.5 Å². The van der Waals surface area contributed by atoms with Crippen LogP contribution >= 0.6 is 0 Å². The largest absolute Gasteiger partial charge is 0.493 e. The van der Waals surface area contributed by atoms with Gasteiger partial charge >= 0.3 is 0 Å². The maximum atomic E-state index is 11.7. The summed E-state index contributed by atoms with van der Waals surface area (Å²) in [6.07, 6.45) is 0.0900. The van der Waals surface area contributed by atoms with Crippen molar-refractivity contribution in [3.63, 3.8) is 0 Å². The van der Waals surface area contributed by atoms with Gasteiger partial charge in [0.1, 0.15) is 17.6 Å². The first-order valence-corrected chi connectivity index (χ1v) is 7.98. The van der Waals surface area contributed by atoms with Crippen LogP contribution in [0, 0.1) is 18.3 Å². The van der Waals surface area contributed by atoms with Gasteiger partial charge in [0.05, 0.1) is 18.6 Å². The second-order valence-corrected chi connectivity index (χ2v) is 5.36. The van der Waals surface area contributed by atoms with Crippen LogP contribution < -0.4 is 20.3 Å². The Labute approximate surface area is 151 Å². The summed E-state index contributed by atoms with van der Waals surface area (Å²) in [5.41, 5.74) is 5.85. The van der Waals surface area contributed by atoms with E-state index in [-0.39, 0.29) is 25.5 Å². The normalized spacial score (nSPS) is 9.69. The standard InChI is InChI=1S/C19H19N3O4/c1-14-6-2-4-8-16(14)25-11-10-18(23)21-22-19(24)13-26-17-9-5-3-7-15(17)12-20/h2-9H,10-11,13H2,1H3,(H,21,23)(H,22,24). The SMILES string of the molecule is Cc1ccccc1OCCC(=O)NNC(=O)COc1ccccc1C#N. The lowest BCUT2D eigenvalue weighted by atomic mass is 10.2. The molecule has 2 N–H and O–H groups in total. The molecule has 26 heavy (non-hydrogen) atoms. The van der Waals surface area contributed by atoms with Crippen molar-refractivity contribution in [3.8, 4) is 17.6 Å². The molecule has 0 radical (unpaired) electrons. The maximum absolute atomic E-state index is 11.7. The Morgan fingerprint density at radius 1 is 0.962 bits per heavy atom. The van der Waals surface area contributed by atoms with Crippen LogP contribution in [0.4, 0.5) is 0 Å². The summed E-state index contributed by atoms with van der Waals surface area (Å²) in [7, 11) is 0. The Morgan fingerprint density at radius 2 is 1.62 bits per heavy atom. The molecule has 2 amide bonds. The van der Waals surface area contributed by atoms with Gasteiger partial charge < -0.3 is 9.47 Å². The molecule has 0 saturated carbocycles. The Balaban J connectivity index is 1.66. The summed E-state index contributed by atoms with van der Waals surface area (Å²) in [6, 6.07) is 16.0. The molecule has 0 aliphatic carbocycles. The lowest BCUT2D eigenvalue weighted by Crippen LogP contribution is -2.44. The van der Waals surface area contributed by atoms with Crippen LogP contribution in [-0.2, 0) is 9.59 Å². The van der Waals surface area contributed by atoms with E-state index in [4.69, 9.17) is 14.7 Å². The number of nitriles is 1. The third-order valence-corrected chi connectivity index (χ3v) is 3.39. The molecule has 0 aliphatic rings. The van der Waals surface area contributed by atoms with Gasteiger partial charge in [-0.05, 0) is 30.7 Å². The molecule has 7 nitrogen and oxygen atoms in total. The first-order valence-electron chi connectivity index (χ1n) is 7.98. The maximum Gasteiger partial charge on any atom is 0.276 e. The van der Waals surface area contributed by atoms with Gasteiger partial charge in [-0.25, -0.2) is 0 Å². The van der Waals surface area contributed by atoms with Crippen LogP contribution in [0.2, 0.25) is 0 Å². The highest BCUT2D eigenvalue weighted by Crippen LogP contribution is 2.16. The molecule has 0 unspecified atom stereocenters. The number of nitrogens with zero attached hydrogens (tertiary/aromatic N) is 1. The number of aryl methyl sites for hydroxylation is 1. The number of rotatable bonds is 7. The van der Waals surface area contributed by atoms with E-state index in [1.165, 1.54) is 0 Å². The molecular formula is C19H19N3O4. The summed E-state index contributed by atoms with van der Waals surface area (Å²) in [4.78, 5) is 23.4. The summed E-state index contributed by atoms with van der Waals surface area (Å²) >= 11 is 0. The van der Waals surface area contributed by atoms with Crippen LogP contribution in [-0.4, -0.2) is 25.0 Å². The van der Waals surface area contributed by atoms with Gasteiger partial charge in [-0.15, -0.1) is 0 Å². The number of ether oxygens (including phenoxy) is 2. The highest BCUT2D eigenvalue weighted by Gasteiger charge is 2.08. The highest BCUT2D eigenvalue weighted by atomic mass is 16.5. The molecule has 0 bridgehead atoms. The summed E-state index contributed by atoms with van der Waals surface area (Å²) < 4.78 is 10.8. The smallest absolute Gasteiger partial charge is 0.276 e. The lowest BCUT2D eigenvalue weighted by Gasteiger charge is -2.10. The zero-order chi connectivity index (χ0) is 18.8. The molecule has 134 valence electrons. The van der Waals surface area contributed by atoms with Gasteiger partial charge in [-0.2, -0.15) is 5.26 Å². The first kappa shape index (κ1) is 18.8. The van der Waals surface area contributed by atoms with Crippen molar-refractivity contribution in [2.45, 2.75) is 13.3 Å². The summed E-state index contributed by atoms with van der Waals surface area (Å²) in [5, 5.41) is 8.94. The number of hydrogen-bond donors (Lipinski definition) is 2. The minimum Gasteiger partial charge on any atom is -0.493 e. The highest BCUT2D eigenvalue weighted by molar-refractivity contribution is 5.82. The summed E-state index contributed by atoms with van der Waals surface area (Å²) in [5.74, 6) is 0.104. The molecule has 2 aromatic rings. The van der Waals surface area contributed by atoms with Gasteiger partial charge in [0.2, 0.25) is 5.91 Å². The molecule has 2 rings (SSSR count). The van der Waals surface area contributed by atoms with E-state index in [9.17, 15) is 9.59 Å². The van der Waals surface area contributed by atoms with Crippen molar-refractivity contribution in [1.29, 1.82) is 5.26 Å². The summed E-state index contributed by atoms with van der Waals surface area (Å²) in [6.45, 7) is 1.79. The average molecular weight is 353 g/mol. The Hall–Kier alpha value is -3.53. The van der Waals surface area contributed by atoms with Crippen LogP contribution in [0.3, 0.4) is 0 Å². The minimum absolute atomic E-state index is 0.0900. The molecule has 0 spiro atoms. The number of carbonyl (C=O) groups is 2. The number of para-hydroxylation sites is 2. The van der Waals surface area contributed by atoms with E-state index < -0.39 is 5.91 Å². The molecule has 7 heteroatoms. The molecule has 0 aromatic heterocycles. The quantitative estimate of drug-likeness (QED) is 0.740. The van der Waals surface area contributed by atoms with Crippen molar-refractivity contribution < 1.29 is 19.1 Å². The zero-order valence-electron chi connectivity index (χ0n) is 14.3. The van der Waals surface area contributed by atoms with Gasteiger partial charge in [0.15, 0.2) is 6.61 Å². The predicted molar refractivity (Wildman–Crippen MR) is 94.2 cm³/mol. The van der Waals surface area contributed by atoms with E-state index >= 15 is 0 Å². The molecule has 0 aliphatic heterocycles. The zero-order valence-corrected chi connectivity index (χ0v) is 14.3. The van der Waals surface area contributed by atoms with Gasteiger partial charge in [0, 0.05) is 0 Å². The molecule has 2 aromatic carbocycles. The Morgan fingerprint density at radius 3 is 2.35 bits per heavy atom. The number of amides is 2. The molecule has 0 fully saturated rings. The molecule has 0 saturated heterocycles. The van der Waals surface area contributed by atoms with Crippen molar-refractivity contribution in [3.05, 3.63) is 59.7 Å². The second kappa shape index (κ2) is 9.69. The number of nitrogens with one attached hydrogen (secondary N) is 2. The Bertz CT molecular complexity index is 814. The van der Waals surface area contributed by atoms with Crippen molar-refractivity contribution in [2.75, 3.05) is 13.2 Å². The molecular weight excluding hydrogens is 334 g/mol. The van der Waals surface area contributed by atoms with E-state index in [1.54, 1.807) is 24.3 Å². The lowest BCUT2D eigenvalue weighted by molar-refractivity contribution is -0.130. The van der Waals surface area contributed by atoms with E-state index in [0.29, 0.717) is 17.1 Å². The fourth-order valence-electron chi connectivity index (χ4n) is 2.04.